The first-order chi connectivity index (χ1) is 14.2. The number of carbonyl (C=O) groups is 1. The number of carboxylic acid groups (broad SMARTS) is 1. The van der Waals surface area contributed by atoms with Gasteiger partial charge in [0, 0.05) is 46.9 Å². The van der Waals surface area contributed by atoms with Gasteiger partial charge < -0.3 is 14.6 Å². The molecule has 0 bridgehead atoms. The van der Waals surface area contributed by atoms with Gasteiger partial charge in [-0.15, -0.1) is 0 Å². The van der Waals surface area contributed by atoms with Crippen LogP contribution < -0.4 is 4.90 Å². The Hall–Kier alpha value is -2.34. The van der Waals surface area contributed by atoms with Crippen molar-refractivity contribution in [2.24, 2.45) is 5.92 Å². The average molecular weight is 470 g/mol. The minimum atomic E-state index is -0.691. The number of hydrogen-bond acceptors (Lipinski definition) is 3. The lowest BCUT2D eigenvalue weighted by Crippen LogP contribution is -2.34. The highest BCUT2D eigenvalue weighted by molar-refractivity contribution is 9.10. The molecular formula is C24H28BrN3O2. The van der Waals surface area contributed by atoms with E-state index in [0.717, 1.165) is 41.7 Å². The molecule has 0 radical (unpaired) electrons. The number of pyridine rings is 1. The van der Waals surface area contributed by atoms with Crippen molar-refractivity contribution in [1.82, 2.24) is 9.55 Å². The monoisotopic (exact) mass is 469 g/mol. The van der Waals surface area contributed by atoms with Gasteiger partial charge in [0.1, 0.15) is 5.65 Å². The standard InChI is InChI=1S/C24H28BrN3O2/c1-14-9-19(25)10-15(2)23(14)28-13-16(3)22-20(11-17(4)26-24(22)28)27-7-5-18(6-8-27)12-21(29)30/h9-11,13,18H,5-8,12H2,1-4H3,(H,29,30). The summed E-state index contributed by atoms with van der Waals surface area (Å²) in [6.07, 6.45) is 4.30. The Morgan fingerprint density at radius 3 is 2.33 bits per heavy atom. The van der Waals surface area contributed by atoms with E-state index in [1.807, 2.05) is 6.92 Å². The van der Waals surface area contributed by atoms with Gasteiger partial charge in [0.2, 0.25) is 0 Å². The molecule has 1 aliphatic heterocycles. The van der Waals surface area contributed by atoms with Crippen LogP contribution >= 0.6 is 15.9 Å². The number of aryl methyl sites for hydroxylation is 4. The van der Waals surface area contributed by atoms with Gasteiger partial charge in [-0.1, -0.05) is 15.9 Å². The minimum Gasteiger partial charge on any atom is -0.481 e. The molecule has 1 aliphatic rings. The maximum atomic E-state index is 11.1. The van der Waals surface area contributed by atoms with Crippen molar-refractivity contribution in [3.8, 4) is 5.69 Å². The zero-order chi connectivity index (χ0) is 21.6. The second-order valence-corrected chi connectivity index (χ2v) is 9.50. The lowest BCUT2D eigenvalue weighted by atomic mass is 9.93. The smallest absolute Gasteiger partial charge is 0.303 e. The normalized spacial score (nSPS) is 15.2. The first-order valence-electron chi connectivity index (χ1n) is 10.5. The van der Waals surface area contributed by atoms with Gasteiger partial charge in [-0.05, 0) is 81.3 Å². The van der Waals surface area contributed by atoms with Gasteiger partial charge in [-0.3, -0.25) is 4.79 Å². The van der Waals surface area contributed by atoms with Gasteiger partial charge in [0.25, 0.3) is 0 Å². The van der Waals surface area contributed by atoms with Crippen LogP contribution in [0.5, 0.6) is 0 Å². The number of piperidine rings is 1. The minimum absolute atomic E-state index is 0.274. The molecule has 1 N–H and O–H groups in total. The summed E-state index contributed by atoms with van der Waals surface area (Å²) in [5.41, 5.74) is 8.01. The molecule has 0 amide bonds. The summed E-state index contributed by atoms with van der Waals surface area (Å²) in [5.74, 6) is -0.417. The van der Waals surface area contributed by atoms with E-state index in [2.05, 4.69) is 70.6 Å². The molecule has 5 nitrogen and oxygen atoms in total. The third-order valence-electron chi connectivity index (χ3n) is 6.17. The number of aromatic nitrogens is 2. The molecule has 2 aromatic heterocycles. The molecule has 0 aliphatic carbocycles. The fraction of sp³-hybridized carbons (Fsp3) is 0.417. The summed E-state index contributed by atoms with van der Waals surface area (Å²) < 4.78 is 3.32. The first-order valence-corrected chi connectivity index (χ1v) is 11.3. The summed E-state index contributed by atoms with van der Waals surface area (Å²) in [4.78, 5) is 18.4. The molecule has 3 aromatic rings. The van der Waals surface area contributed by atoms with E-state index >= 15 is 0 Å². The predicted molar refractivity (Wildman–Crippen MR) is 125 cm³/mol. The predicted octanol–water partition coefficient (Wildman–Crippen LogP) is 5.71. The van der Waals surface area contributed by atoms with Crippen molar-refractivity contribution in [1.29, 1.82) is 0 Å². The number of benzene rings is 1. The van der Waals surface area contributed by atoms with Crippen molar-refractivity contribution in [2.75, 3.05) is 18.0 Å². The molecule has 0 unspecified atom stereocenters. The van der Waals surface area contributed by atoms with Crippen LogP contribution in [0.1, 0.15) is 41.6 Å². The molecule has 4 rings (SSSR count). The van der Waals surface area contributed by atoms with Crippen LogP contribution in [0.2, 0.25) is 0 Å². The van der Waals surface area contributed by atoms with E-state index in [1.165, 1.54) is 33.5 Å². The van der Waals surface area contributed by atoms with Crippen LogP contribution in [-0.2, 0) is 4.79 Å². The van der Waals surface area contributed by atoms with Gasteiger partial charge in [-0.2, -0.15) is 0 Å². The van der Waals surface area contributed by atoms with Crippen molar-refractivity contribution < 1.29 is 9.90 Å². The summed E-state index contributed by atoms with van der Waals surface area (Å²) >= 11 is 3.60. The molecule has 0 saturated carbocycles. The SMILES string of the molecule is Cc1cc(N2CCC(CC(=O)O)CC2)c2c(C)cn(-c3c(C)cc(Br)cc3C)c2n1. The number of hydrogen-bond donors (Lipinski definition) is 1. The maximum Gasteiger partial charge on any atom is 0.303 e. The second kappa shape index (κ2) is 8.06. The second-order valence-electron chi connectivity index (χ2n) is 8.58. The Labute approximate surface area is 185 Å². The van der Waals surface area contributed by atoms with Crippen molar-refractivity contribution in [2.45, 2.75) is 47.0 Å². The molecule has 0 spiro atoms. The molecule has 6 heteroatoms. The van der Waals surface area contributed by atoms with E-state index in [0.29, 0.717) is 0 Å². The van der Waals surface area contributed by atoms with E-state index in [1.54, 1.807) is 0 Å². The molecule has 158 valence electrons. The highest BCUT2D eigenvalue weighted by Gasteiger charge is 2.25. The summed E-state index contributed by atoms with van der Waals surface area (Å²) in [6, 6.07) is 6.47. The van der Waals surface area contributed by atoms with E-state index in [4.69, 9.17) is 10.1 Å². The quantitative estimate of drug-likeness (QED) is 0.531. The van der Waals surface area contributed by atoms with Gasteiger partial charge >= 0.3 is 5.97 Å². The van der Waals surface area contributed by atoms with Crippen molar-refractivity contribution in [3.05, 3.63) is 51.3 Å². The number of halogens is 1. The lowest BCUT2D eigenvalue weighted by molar-refractivity contribution is -0.138. The fourth-order valence-electron chi connectivity index (χ4n) is 4.84. The van der Waals surface area contributed by atoms with Crippen LogP contribution in [0.15, 0.2) is 28.9 Å². The Kier molecular flexibility index (Phi) is 5.62. The Balaban J connectivity index is 1.79. The van der Waals surface area contributed by atoms with E-state index < -0.39 is 5.97 Å². The van der Waals surface area contributed by atoms with Crippen LogP contribution in [0, 0.1) is 33.6 Å². The Bertz CT molecular complexity index is 1100. The summed E-state index contributed by atoms with van der Waals surface area (Å²) in [6.45, 7) is 10.2. The maximum absolute atomic E-state index is 11.1. The number of fused-ring (bicyclic) bond motifs is 1. The average Bonchev–Trinajstić information content (AvgIpc) is 2.96. The van der Waals surface area contributed by atoms with Crippen LogP contribution in [0.25, 0.3) is 16.7 Å². The molecule has 1 fully saturated rings. The zero-order valence-corrected chi connectivity index (χ0v) is 19.6. The number of carboxylic acids is 1. The van der Waals surface area contributed by atoms with Crippen molar-refractivity contribution in [3.63, 3.8) is 0 Å². The van der Waals surface area contributed by atoms with Gasteiger partial charge in [0.05, 0.1) is 5.69 Å². The summed E-state index contributed by atoms with van der Waals surface area (Å²) in [5, 5.41) is 10.3. The third-order valence-corrected chi connectivity index (χ3v) is 6.63. The Morgan fingerprint density at radius 1 is 1.10 bits per heavy atom. The number of aliphatic carboxylic acids is 1. The Morgan fingerprint density at radius 2 is 1.73 bits per heavy atom. The van der Waals surface area contributed by atoms with Crippen LogP contribution in [0.4, 0.5) is 5.69 Å². The zero-order valence-electron chi connectivity index (χ0n) is 18.0. The number of nitrogens with zero attached hydrogens (tertiary/aromatic N) is 3. The van der Waals surface area contributed by atoms with Gasteiger partial charge in [0.15, 0.2) is 0 Å². The molecular weight excluding hydrogens is 442 g/mol. The van der Waals surface area contributed by atoms with Crippen LogP contribution in [0.3, 0.4) is 0 Å². The lowest BCUT2D eigenvalue weighted by Gasteiger charge is -2.33. The molecule has 30 heavy (non-hydrogen) atoms. The molecule has 1 aromatic carbocycles. The number of anilines is 1. The third kappa shape index (κ3) is 3.85. The topological polar surface area (TPSA) is 58.4 Å². The van der Waals surface area contributed by atoms with Crippen molar-refractivity contribution >= 4 is 38.6 Å². The van der Waals surface area contributed by atoms with E-state index in [9.17, 15) is 4.79 Å². The highest BCUT2D eigenvalue weighted by Crippen LogP contribution is 2.36. The largest absolute Gasteiger partial charge is 0.481 e. The van der Waals surface area contributed by atoms with E-state index in [-0.39, 0.29) is 12.3 Å². The summed E-state index contributed by atoms with van der Waals surface area (Å²) in [7, 11) is 0. The van der Waals surface area contributed by atoms with Gasteiger partial charge in [-0.25, -0.2) is 4.98 Å². The first kappa shape index (κ1) is 20.9. The fourth-order valence-corrected chi connectivity index (χ4v) is 5.53. The number of rotatable bonds is 4. The molecule has 0 atom stereocenters. The van der Waals surface area contributed by atoms with Crippen LogP contribution in [-0.4, -0.2) is 33.7 Å². The molecule has 3 heterocycles. The molecule has 1 saturated heterocycles. The highest BCUT2D eigenvalue weighted by atomic mass is 79.9.